The summed E-state index contributed by atoms with van der Waals surface area (Å²) in [6.07, 6.45) is 5.41. The molecule has 6 N–H and O–H groups in total. The van der Waals surface area contributed by atoms with Crippen LogP contribution in [0.5, 0.6) is 0 Å². The van der Waals surface area contributed by atoms with Crippen LogP contribution in [0.3, 0.4) is 0 Å². The number of anilines is 1. The summed E-state index contributed by atoms with van der Waals surface area (Å²) in [5.41, 5.74) is 8.15. The van der Waals surface area contributed by atoms with Crippen molar-refractivity contribution in [3.63, 3.8) is 0 Å². The molecule has 10 nitrogen and oxygen atoms in total. The molecule has 176 valence electrons. The highest BCUT2D eigenvalue weighted by atomic mass is 32.2. The first kappa shape index (κ1) is 23.2. The van der Waals surface area contributed by atoms with Gasteiger partial charge in [0, 0.05) is 13.1 Å². The number of piperidine rings is 1. The minimum atomic E-state index is -3.65. The predicted molar refractivity (Wildman–Crippen MR) is 127 cm³/mol. The van der Waals surface area contributed by atoms with Gasteiger partial charge in [0.05, 0.1) is 48.0 Å². The van der Waals surface area contributed by atoms with Gasteiger partial charge in [0.2, 0.25) is 10.0 Å². The fraction of sp³-hybridized carbons (Fsp3) is 0.364. The Morgan fingerprint density at radius 1 is 1.27 bits per heavy atom. The number of aliphatic hydroxyl groups excluding tert-OH is 2. The number of allylic oxidation sites excluding steroid dienone is 1. The van der Waals surface area contributed by atoms with E-state index in [1.807, 2.05) is 31.2 Å². The number of aliphatic hydroxyl groups is 2. The van der Waals surface area contributed by atoms with Gasteiger partial charge in [0.25, 0.3) is 0 Å². The number of benzene rings is 1. The van der Waals surface area contributed by atoms with Gasteiger partial charge < -0.3 is 21.3 Å². The van der Waals surface area contributed by atoms with Crippen molar-refractivity contribution in [1.29, 1.82) is 0 Å². The average Bonchev–Trinajstić information content (AvgIpc) is 3.08. The van der Waals surface area contributed by atoms with Crippen molar-refractivity contribution in [2.45, 2.75) is 25.7 Å². The van der Waals surface area contributed by atoms with Gasteiger partial charge in [0.1, 0.15) is 11.5 Å². The van der Waals surface area contributed by atoms with Gasteiger partial charge in [-0.05, 0) is 24.6 Å². The summed E-state index contributed by atoms with van der Waals surface area (Å²) in [5.74, 6) is 0.331. The molecule has 1 aromatic carbocycles. The molecule has 0 radical (unpaired) electrons. The molecule has 1 aromatic heterocycles. The van der Waals surface area contributed by atoms with E-state index >= 15 is 0 Å². The van der Waals surface area contributed by atoms with Gasteiger partial charge in [-0.25, -0.2) is 18.1 Å². The third-order valence-electron chi connectivity index (χ3n) is 5.88. The maximum Gasteiger partial charge on any atom is 0.229 e. The second-order valence-electron chi connectivity index (χ2n) is 8.51. The molecule has 2 heterocycles. The lowest BCUT2D eigenvalue weighted by atomic mass is 9.71. The number of aryl methyl sites for hydroxylation is 1. The Labute approximate surface area is 192 Å². The molecule has 2 aliphatic rings. The lowest BCUT2D eigenvalue weighted by Crippen LogP contribution is -2.57. The molecule has 1 spiro atoms. The minimum Gasteiger partial charge on any atom is -0.390 e. The molecule has 2 atom stereocenters. The van der Waals surface area contributed by atoms with Crippen molar-refractivity contribution < 1.29 is 18.6 Å². The minimum absolute atomic E-state index is 0.158. The molecule has 0 saturated carbocycles. The number of hydrogen-bond acceptors (Lipinski definition) is 8. The second-order valence-corrected chi connectivity index (χ2v) is 10.3. The van der Waals surface area contributed by atoms with E-state index in [0.717, 1.165) is 17.4 Å². The van der Waals surface area contributed by atoms with Gasteiger partial charge in [-0.15, -0.1) is 0 Å². The summed E-state index contributed by atoms with van der Waals surface area (Å²) in [4.78, 5) is 4.54. The number of rotatable bonds is 5. The van der Waals surface area contributed by atoms with Crippen LogP contribution in [-0.4, -0.2) is 65.7 Å². The van der Waals surface area contributed by atoms with Crippen molar-refractivity contribution in [3.05, 3.63) is 65.5 Å². The maximum atomic E-state index is 12.0. The van der Waals surface area contributed by atoms with Crippen LogP contribution in [0.2, 0.25) is 0 Å². The monoisotopic (exact) mass is 472 g/mol. The Hall–Kier alpha value is -2.99. The van der Waals surface area contributed by atoms with Crippen molar-refractivity contribution in [3.8, 4) is 0 Å². The average molecular weight is 473 g/mol. The van der Waals surface area contributed by atoms with Crippen LogP contribution < -0.4 is 15.8 Å². The Morgan fingerprint density at radius 3 is 2.58 bits per heavy atom. The zero-order chi connectivity index (χ0) is 23.8. The van der Waals surface area contributed by atoms with Crippen molar-refractivity contribution in [1.82, 2.24) is 19.8 Å². The molecular formula is C22H28N6O4S. The zero-order valence-corrected chi connectivity index (χ0v) is 19.2. The van der Waals surface area contributed by atoms with Gasteiger partial charge in [0.15, 0.2) is 0 Å². The second kappa shape index (κ2) is 8.75. The van der Waals surface area contributed by atoms with Gasteiger partial charge >= 0.3 is 0 Å². The summed E-state index contributed by atoms with van der Waals surface area (Å²) in [5, 5.41) is 28.4. The summed E-state index contributed by atoms with van der Waals surface area (Å²) in [6.45, 7) is 3.00. The van der Waals surface area contributed by atoms with Crippen molar-refractivity contribution in [2.75, 3.05) is 25.1 Å². The Kier molecular flexibility index (Phi) is 6.14. The summed E-state index contributed by atoms with van der Waals surface area (Å²) >= 11 is 0. The smallest absolute Gasteiger partial charge is 0.229 e. The fourth-order valence-corrected chi connectivity index (χ4v) is 4.57. The van der Waals surface area contributed by atoms with E-state index in [-0.39, 0.29) is 18.8 Å². The summed E-state index contributed by atoms with van der Waals surface area (Å²) in [6, 6.07) is 8.02. The first-order valence-corrected chi connectivity index (χ1v) is 12.4. The predicted octanol–water partition coefficient (Wildman–Crippen LogP) is 0.209. The molecule has 1 aliphatic heterocycles. The van der Waals surface area contributed by atoms with E-state index in [2.05, 4.69) is 20.1 Å². The first-order valence-electron chi connectivity index (χ1n) is 10.5. The fourth-order valence-electron chi connectivity index (χ4n) is 4.00. The van der Waals surface area contributed by atoms with Crippen LogP contribution in [0.1, 0.15) is 11.1 Å². The van der Waals surface area contributed by atoms with Gasteiger partial charge in [-0.1, -0.05) is 35.9 Å². The molecule has 4 rings (SSSR count). The highest BCUT2D eigenvalue weighted by Gasteiger charge is 2.45. The van der Waals surface area contributed by atoms with Crippen LogP contribution in [0.25, 0.3) is 0 Å². The standard InChI is InChI=1S/C22H28N6O4S/c1-14-3-5-15(6-4-14)13-28-21(23)18(10-25-28)26-16-7-8-22(9-17(16)27-33(2,31)32)19(29)11-24-12-20(22)30/h3-10,19-20,24,27,29-30H,11-13,23H2,1-2H3. The van der Waals surface area contributed by atoms with E-state index in [0.29, 0.717) is 23.8 Å². The van der Waals surface area contributed by atoms with E-state index in [4.69, 9.17) is 5.73 Å². The number of nitrogen functional groups attached to an aromatic ring is 1. The quantitative estimate of drug-likeness (QED) is 0.417. The van der Waals surface area contributed by atoms with Crippen LogP contribution >= 0.6 is 0 Å². The molecular weight excluding hydrogens is 444 g/mol. The van der Waals surface area contributed by atoms with E-state index in [9.17, 15) is 18.6 Å². The third-order valence-corrected chi connectivity index (χ3v) is 6.47. The molecule has 2 aromatic rings. The molecule has 1 saturated heterocycles. The largest absolute Gasteiger partial charge is 0.390 e. The Balaban J connectivity index is 1.68. The molecule has 2 unspecified atom stereocenters. The number of nitrogens with zero attached hydrogens (tertiary/aromatic N) is 3. The zero-order valence-electron chi connectivity index (χ0n) is 18.4. The summed E-state index contributed by atoms with van der Waals surface area (Å²) < 4.78 is 28.1. The van der Waals surface area contributed by atoms with E-state index in [1.165, 1.54) is 12.3 Å². The van der Waals surface area contributed by atoms with E-state index < -0.39 is 27.6 Å². The lowest BCUT2D eigenvalue weighted by Gasteiger charge is -2.43. The highest BCUT2D eigenvalue weighted by Crippen LogP contribution is 2.37. The van der Waals surface area contributed by atoms with Crippen LogP contribution in [0.15, 0.2) is 59.4 Å². The van der Waals surface area contributed by atoms with Crippen LogP contribution in [-0.2, 0) is 16.6 Å². The highest BCUT2D eigenvalue weighted by molar-refractivity contribution is 7.88. The number of β-amino-alcohol motifs (C(OH)–C–C–N with tert-alkyl or cyclic N) is 2. The molecule has 1 fully saturated rings. The van der Waals surface area contributed by atoms with Crippen molar-refractivity contribution >= 4 is 27.2 Å². The Morgan fingerprint density at radius 2 is 1.94 bits per heavy atom. The molecule has 0 bridgehead atoms. The van der Waals surface area contributed by atoms with E-state index in [1.54, 1.807) is 16.8 Å². The first-order chi connectivity index (χ1) is 15.6. The maximum absolute atomic E-state index is 12.0. The van der Waals surface area contributed by atoms with Crippen LogP contribution in [0, 0.1) is 12.3 Å². The molecule has 11 heteroatoms. The molecule has 1 aliphatic carbocycles. The van der Waals surface area contributed by atoms with Crippen molar-refractivity contribution in [2.24, 2.45) is 10.4 Å². The summed E-state index contributed by atoms with van der Waals surface area (Å²) in [7, 11) is -3.65. The van der Waals surface area contributed by atoms with Crippen LogP contribution in [0.4, 0.5) is 11.5 Å². The lowest BCUT2D eigenvalue weighted by molar-refractivity contribution is -0.0326. The van der Waals surface area contributed by atoms with Gasteiger partial charge in [-0.2, -0.15) is 5.10 Å². The number of aliphatic imine (C=N–C) groups is 1. The third kappa shape index (κ3) is 4.86. The number of aromatic nitrogens is 2. The van der Waals surface area contributed by atoms with Gasteiger partial charge in [-0.3, -0.25) is 4.72 Å². The Bertz CT molecular complexity index is 1220. The topological polar surface area (TPSA) is 155 Å². The number of nitrogens with two attached hydrogens (primary N) is 1. The number of hydrogen-bond donors (Lipinski definition) is 5. The number of nitrogens with one attached hydrogen (secondary N) is 2. The normalized spacial score (nSPS) is 26.5. The molecule has 33 heavy (non-hydrogen) atoms. The SMILES string of the molecule is Cc1ccc(Cn2ncc(N=C3C=CC4(C=C3NS(C)(=O)=O)C(O)CNCC4O)c2N)cc1. The number of sulfonamides is 1. The molecule has 0 amide bonds.